The Balaban J connectivity index is 1.49. The summed E-state index contributed by atoms with van der Waals surface area (Å²) in [5.41, 5.74) is 0.342. The maximum Gasteiger partial charge on any atom is 0.258 e. The molecule has 130 valence electrons. The van der Waals surface area contributed by atoms with E-state index in [0.29, 0.717) is 12.5 Å². The second kappa shape index (κ2) is 5.93. The summed E-state index contributed by atoms with van der Waals surface area (Å²) in [6.07, 6.45) is 6.29. The van der Waals surface area contributed by atoms with E-state index in [0.717, 1.165) is 35.0 Å². The van der Waals surface area contributed by atoms with E-state index >= 15 is 0 Å². The Morgan fingerprint density at radius 2 is 2.25 bits per heavy atom. The topological polar surface area (TPSA) is 57.8 Å². The second-order valence-electron chi connectivity index (χ2n) is 7.59. The monoisotopic (exact) mass is 347 g/mol. The minimum atomic E-state index is -0.490. The molecule has 0 radical (unpaired) electrons. The Morgan fingerprint density at radius 3 is 2.92 bits per heavy atom. The van der Waals surface area contributed by atoms with Crippen LogP contribution in [-0.4, -0.2) is 38.1 Å². The standard InChI is InChI=1S/C18H25N3O2S/c1-12-9-20(7-6-18(12,23)14-4-3-5-14)11-15-8-16(22)21-10-13(2)24-17(21)19-15/h8,10,12,14,23H,3-7,9,11H2,1-2H3/t12-,18+/m1/s1. The van der Waals surface area contributed by atoms with Gasteiger partial charge in [0.15, 0.2) is 4.96 Å². The van der Waals surface area contributed by atoms with Gasteiger partial charge < -0.3 is 5.11 Å². The van der Waals surface area contributed by atoms with Gasteiger partial charge in [0.1, 0.15) is 0 Å². The van der Waals surface area contributed by atoms with E-state index in [9.17, 15) is 9.90 Å². The summed E-state index contributed by atoms with van der Waals surface area (Å²) >= 11 is 1.55. The van der Waals surface area contributed by atoms with Crippen LogP contribution in [0, 0.1) is 18.8 Å². The zero-order valence-electron chi connectivity index (χ0n) is 14.4. The normalized spacial score (nSPS) is 29.0. The predicted octanol–water partition coefficient (Wildman–Crippen LogP) is 2.44. The van der Waals surface area contributed by atoms with Gasteiger partial charge in [-0.2, -0.15) is 0 Å². The third kappa shape index (κ3) is 2.70. The molecule has 1 aliphatic heterocycles. The van der Waals surface area contributed by atoms with Gasteiger partial charge in [-0.3, -0.25) is 14.1 Å². The van der Waals surface area contributed by atoms with Crippen molar-refractivity contribution in [3.05, 3.63) is 33.2 Å². The number of hydrogen-bond acceptors (Lipinski definition) is 5. The number of aryl methyl sites for hydroxylation is 1. The Bertz CT molecular complexity index is 810. The Labute approximate surface area is 146 Å². The van der Waals surface area contributed by atoms with Gasteiger partial charge in [-0.05, 0) is 38.0 Å². The number of hydrogen-bond donors (Lipinski definition) is 1. The summed E-state index contributed by atoms with van der Waals surface area (Å²) in [6.45, 7) is 6.60. The summed E-state index contributed by atoms with van der Waals surface area (Å²) in [6, 6.07) is 1.65. The quantitative estimate of drug-likeness (QED) is 0.926. The number of aliphatic hydroxyl groups is 1. The average Bonchev–Trinajstić information content (AvgIpc) is 2.82. The summed E-state index contributed by atoms with van der Waals surface area (Å²) in [5.74, 6) is 0.758. The molecule has 1 N–H and O–H groups in total. The van der Waals surface area contributed by atoms with Crippen molar-refractivity contribution >= 4 is 16.3 Å². The van der Waals surface area contributed by atoms with Crippen molar-refractivity contribution in [3.8, 4) is 0 Å². The molecule has 24 heavy (non-hydrogen) atoms. The van der Waals surface area contributed by atoms with Gasteiger partial charge in [0.05, 0.1) is 11.3 Å². The third-order valence-corrected chi connectivity index (χ3v) is 6.85. The minimum absolute atomic E-state index is 0.00428. The molecule has 2 fully saturated rings. The molecule has 1 saturated heterocycles. The Hall–Kier alpha value is -1.24. The van der Waals surface area contributed by atoms with Gasteiger partial charge in [0.25, 0.3) is 5.56 Å². The first-order valence-electron chi connectivity index (χ1n) is 8.89. The van der Waals surface area contributed by atoms with Crippen LogP contribution in [0.25, 0.3) is 4.96 Å². The van der Waals surface area contributed by atoms with Gasteiger partial charge >= 0.3 is 0 Å². The van der Waals surface area contributed by atoms with Crippen molar-refractivity contribution in [1.29, 1.82) is 0 Å². The van der Waals surface area contributed by atoms with Gasteiger partial charge in [0, 0.05) is 36.8 Å². The SMILES string of the molecule is Cc1cn2c(=O)cc(CN3CC[C@@](O)(C4CCC4)[C@H](C)C3)nc2s1. The van der Waals surface area contributed by atoms with Crippen LogP contribution in [0.2, 0.25) is 0 Å². The van der Waals surface area contributed by atoms with E-state index in [1.54, 1.807) is 21.8 Å². The molecule has 0 bridgehead atoms. The molecule has 0 spiro atoms. The highest BCUT2D eigenvalue weighted by Gasteiger charge is 2.46. The van der Waals surface area contributed by atoms with Crippen LogP contribution in [0.4, 0.5) is 0 Å². The lowest BCUT2D eigenvalue weighted by Gasteiger charge is -2.50. The van der Waals surface area contributed by atoms with Gasteiger partial charge in [0.2, 0.25) is 0 Å². The molecule has 6 heteroatoms. The molecule has 1 aliphatic carbocycles. The van der Waals surface area contributed by atoms with Crippen molar-refractivity contribution in [2.24, 2.45) is 11.8 Å². The molecular formula is C18H25N3O2S. The highest BCUT2D eigenvalue weighted by molar-refractivity contribution is 7.16. The van der Waals surface area contributed by atoms with E-state index in [-0.39, 0.29) is 11.5 Å². The second-order valence-corrected chi connectivity index (χ2v) is 8.80. The zero-order valence-corrected chi connectivity index (χ0v) is 15.2. The van der Waals surface area contributed by atoms with Crippen LogP contribution in [0.1, 0.15) is 43.2 Å². The molecule has 3 heterocycles. The van der Waals surface area contributed by atoms with E-state index in [2.05, 4.69) is 16.8 Å². The number of aromatic nitrogens is 2. The maximum atomic E-state index is 12.2. The molecular weight excluding hydrogens is 322 g/mol. The number of nitrogens with zero attached hydrogens (tertiary/aromatic N) is 3. The molecule has 0 unspecified atom stereocenters. The van der Waals surface area contributed by atoms with E-state index in [4.69, 9.17) is 0 Å². The van der Waals surface area contributed by atoms with E-state index in [1.165, 1.54) is 19.3 Å². The van der Waals surface area contributed by atoms with Gasteiger partial charge in [-0.25, -0.2) is 4.98 Å². The molecule has 4 rings (SSSR count). The lowest BCUT2D eigenvalue weighted by atomic mass is 9.65. The Kier molecular flexibility index (Phi) is 4.01. The fourth-order valence-electron chi connectivity index (χ4n) is 4.25. The third-order valence-electron chi connectivity index (χ3n) is 5.95. The van der Waals surface area contributed by atoms with Crippen molar-refractivity contribution in [2.45, 2.75) is 51.7 Å². The molecule has 5 nitrogen and oxygen atoms in total. The van der Waals surface area contributed by atoms with Crippen LogP contribution in [-0.2, 0) is 6.54 Å². The number of piperidine rings is 1. The molecule has 2 aliphatic rings. The highest BCUT2D eigenvalue weighted by Crippen LogP contribution is 2.44. The summed E-state index contributed by atoms with van der Waals surface area (Å²) in [5, 5.41) is 11.0. The van der Waals surface area contributed by atoms with Crippen molar-refractivity contribution in [1.82, 2.24) is 14.3 Å². The number of thiazole rings is 1. The molecule has 2 atom stereocenters. The first kappa shape index (κ1) is 16.2. The Morgan fingerprint density at radius 1 is 1.46 bits per heavy atom. The molecule has 0 aromatic carbocycles. The lowest BCUT2D eigenvalue weighted by Crippen LogP contribution is -2.56. The largest absolute Gasteiger partial charge is 0.389 e. The van der Waals surface area contributed by atoms with Gasteiger partial charge in [-0.15, -0.1) is 11.3 Å². The maximum absolute atomic E-state index is 12.2. The minimum Gasteiger partial charge on any atom is -0.389 e. The summed E-state index contributed by atoms with van der Waals surface area (Å²) in [4.78, 5) is 21.1. The number of rotatable bonds is 3. The molecule has 2 aromatic rings. The van der Waals surface area contributed by atoms with E-state index < -0.39 is 5.60 Å². The van der Waals surface area contributed by atoms with Gasteiger partial charge in [-0.1, -0.05) is 13.3 Å². The highest BCUT2D eigenvalue weighted by atomic mass is 32.1. The van der Waals surface area contributed by atoms with Crippen LogP contribution in [0.15, 0.2) is 17.1 Å². The van der Waals surface area contributed by atoms with Crippen molar-refractivity contribution in [2.75, 3.05) is 13.1 Å². The number of likely N-dealkylation sites (tertiary alicyclic amines) is 1. The van der Waals surface area contributed by atoms with E-state index in [1.807, 2.05) is 13.1 Å². The summed E-state index contributed by atoms with van der Waals surface area (Å²) in [7, 11) is 0. The first-order chi connectivity index (χ1) is 11.5. The smallest absolute Gasteiger partial charge is 0.258 e. The fourth-order valence-corrected chi connectivity index (χ4v) is 5.10. The summed E-state index contributed by atoms with van der Waals surface area (Å²) < 4.78 is 1.62. The van der Waals surface area contributed by atoms with Crippen molar-refractivity contribution < 1.29 is 5.11 Å². The number of fused-ring (bicyclic) bond motifs is 1. The van der Waals surface area contributed by atoms with Crippen LogP contribution >= 0.6 is 11.3 Å². The average molecular weight is 347 g/mol. The fraction of sp³-hybridized carbons (Fsp3) is 0.667. The van der Waals surface area contributed by atoms with Crippen molar-refractivity contribution in [3.63, 3.8) is 0 Å². The molecule has 0 amide bonds. The zero-order chi connectivity index (χ0) is 16.9. The van der Waals surface area contributed by atoms with Crippen LogP contribution < -0.4 is 5.56 Å². The predicted molar refractivity (Wildman–Crippen MR) is 95.4 cm³/mol. The molecule has 1 saturated carbocycles. The van der Waals surface area contributed by atoms with Crippen LogP contribution in [0.3, 0.4) is 0 Å². The van der Waals surface area contributed by atoms with Crippen LogP contribution in [0.5, 0.6) is 0 Å². The molecule has 2 aromatic heterocycles. The first-order valence-corrected chi connectivity index (χ1v) is 9.71. The lowest BCUT2D eigenvalue weighted by molar-refractivity contribution is -0.128.